The van der Waals surface area contributed by atoms with Crippen LogP contribution in [-0.4, -0.2) is 35.1 Å². The number of carbonyl (C=O) groups is 1. The van der Waals surface area contributed by atoms with Crippen LogP contribution in [0.15, 0.2) is 0 Å². The van der Waals surface area contributed by atoms with Gasteiger partial charge in [0.2, 0.25) is 0 Å². The van der Waals surface area contributed by atoms with E-state index in [1.807, 2.05) is 0 Å². The van der Waals surface area contributed by atoms with Gasteiger partial charge in [-0.15, -0.1) is 0 Å². The van der Waals surface area contributed by atoms with Gasteiger partial charge >= 0.3 is 5.97 Å². The molecule has 3 heteroatoms. The first-order chi connectivity index (χ1) is 9.47. The summed E-state index contributed by atoms with van der Waals surface area (Å²) >= 11 is 0. The molecule has 1 heterocycles. The third-order valence-corrected chi connectivity index (χ3v) is 5.91. The molecule has 0 aromatic heterocycles. The zero-order chi connectivity index (χ0) is 16.1. The first-order valence-electron chi connectivity index (χ1n) is 8.45. The molecule has 0 amide bonds. The average Bonchev–Trinajstić information content (AvgIpc) is 2.70. The number of aliphatic carboxylic acids is 1. The minimum absolute atomic E-state index is 0.199. The fourth-order valence-electron chi connectivity index (χ4n) is 5.11. The number of likely N-dealkylation sites (tertiary alicyclic amines) is 1. The monoisotopic (exact) mass is 295 g/mol. The molecule has 0 aromatic rings. The third-order valence-electron chi connectivity index (χ3n) is 5.91. The molecule has 3 nitrogen and oxygen atoms in total. The molecule has 122 valence electrons. The van der Waals surface area contributed by atoms with E-state index in [1.54, 1.807) is 0 Å². The van der Waals surface area contributed by atoms with Crippen LogP contribution in [0.1, 0.15) is 67.2 Å². The van der Waals surface area contributed by atoms with Crippen LogP contribution in [-0.2, 0) is 4.79 Å². The van der Waals surface area contributed by atoms with Gasteiger partial charge in [0.05, 0.1) is 5.41 Å². The molecule has 0 bridgehead atoms. The van der Waals surface area contributed by atoms with Gasteiger partial charge in [0.1, 0.15) is 0 Å². The number of hydrogen-bond acceptors (Lipinski definition) is 2. The minimum atomic E-state index is -0.602. The smallest absolute Gasteiger partial charge is 0.311 e. The number of hydrogen-bond donors (Lipinski definition) is 1. The minimum Gasteiger partial charge on any atom is -0.481 e. The van der Waals surface area contributed by atoms with Crippen LogP contribution in [0.25, 0.3) is 0 Å². The van der Waals surface area contributed by atoms with Crippen molar-refractivity contribution in [2.24, 2.45) is 22.2 Å². The zero-order valence-electron chi connectivity index (χ0n) is 14.7. The summed E-state index contributed by atoms with van der Waals surface area (Å²) in [5, 5.41) is 9.73. The molecule has 2 aliphatic rings. The van der Waals surface area contributed by atoms with Gasteiger partial charge < -0.3 is 5.11 Å². The first-order valence-corrected chi connectivity index (χ1v) is 8.45. The average molecular weight is 295 g/mol. The standard InChI is InChI=1S/C18H33NO2/c1-13(2)18(15(20)21)7-8-19(12-18)14-9-16(3,4)11-17(5,6)10-14/h13-14H,7-12H2,1-6H3,(H,20,21). The molecule has 1 N–H and O–H groups in total. The number of carboxylic acids is 1. The maximum absolute atomic E-state index is 11.8. The molecule has 2 rings (SSSR count). The Kier molecular flexibility index (Phi) is 4.20. The van der Waals surface area contributed by atoms with E-state index in [2.05, 4.69) is 46.4 Å². The summed E-state index contributed by atoms with van der Waals surface area (Å²) in [7, 11) is 0. The molecule has 0 aromatic carbocycles. The number of carboxylic acid groups (broad SMARTS) is 1. The maximum Gasteiger partial charge on any atom is 0.311 e. The van der Waals surface area contributed by atoms with Crippen molar-refractivity contribution in [3.8, 4) is 0 Å². The summed E-state index contributed by atoms with van der Waals surface area (Å²) in [6.45, 7) is 15.3. The van der Waals surface area contributed by atoms with Crippen molar-refractivity contribution in [2.45, 2.75) is 73.3 Å². The van der Waals surface area contributed by atoms with Crippen LogP contribution in [0.5, 0.6) is 0 Å². The maximum atomic E-state index is 11.8. The highest BCUT2D eigenvalue weighted by Gasteiger charge is 2.50. The third kappa shape index (κ3) is 3.28. The molecule has 1 saturated carbocycles. The lowest BCUT2D eigenvalue weighted by atomic mass is 9.63. The second-order valence-corrected chi connectivity index (χ2v) is 9.40. The first kappa shape index (κ1) is 16.8. The van der Waals surface area contributed by atoms with Crippen molar-refractivity contribution in [1.82, 2.24) is 4.90 Å². The SMILES string of the molecule is CC(C)C1(C(=O)O)CCN(C2CC(C)(C)CC(C)(C)C2)C1. The zero-order valence-corrected chi connectivity index (χ0v) is 14.7. The summed E-state index contributed by atoms with van der Waals surface area (Å²) in [4.78, 5) is 14.3. The highest BCUT2D eigenvalue weighted by atomic mass is 16.4. The normalized spacial score (nSPS) is 33.5. The number of nitrogens with zero attached hydrogens (tertiary/aromatic N) is 1. The molecule has 1 saturated heterocycles. The molecular weight excluding hydrogens is 262 g/mol. The molecule has 1 unspecified atom stereocenters. The van der Waals surface area contributed by atoms with E-state index in [1.165, 1.54) is 19.3 Å². The van der Waals surface area contributed by atoms with Crippen LogP contribution in [0, 0.1) is 22.2 Å². The number of rotatable bonds is 3. The van der Waals surface area contributed by atoms with Gasteiger partial charge in [-0.05, 0) is 49.0 Å². The molecule has 2 fully saturated rings. The van der Waals surface area contributed by atoms with E-state index in [0.29, 0.717) is 16.9 Å². The Morgan fingerprint density at radius 1 is 1.14 bits per heavy atom. The highest BCUT2D eigenvalue weighted by molar-refractivity contribution is 5.75. The predicted molar refractivity (Wildman–Crippen MR) is 86.3 cm³/mol. The molecular formula is C18H33NO2. The van der Waals surface area contributed by atoms with E-state index in [4.69, 9.17) is 0 Å². The second kappa shape index (κ2) is 5.26. The predicted octanol–water partition coefficient (Wildman–Crippen LogP) is 4.02. The Labute approximate surface area is 130 Å². The van der Waals surface area contributed by atoms with Crippen LogP contribution >= 0.6 is 0 Å². The highest BCUT2D eigenvalue weighted by Crippen LogP contribution is 2.49. The van der Waals surface area contributed by atoms with Gasteiger partial charge in [-0.2, -0.15) is 0 Å². The van der Waals surface area contributed by atoms with Crippen LogP contribution in [0.4, 0.5) is 0 Å². The van der Waals surface area contributed by atoms with Crippen molar-refractivity contribution in [3.63, 3.8) is 0 Å². The Balaban J connectivity index is 2.15. The van der Waals surface area contributed by atoms with Gasteiger partial charge in [-0.3, -0.25) is 9.69 Å². The lowest BCUT2D eigenvalue weighted by Crippen LogP contribution is -2.47. The van der Waals surface area contributed by atoms with Crippen LogP contribution in [0.3, 0.4) is 0 Å². The van der Waals surface area contributed by atoms with E-state index < -0.39 is 11.4 Å². The van der Waals surface area contributed by atoms with E-state index in [-0.39, 0.29) is 5.92 Å². The molecule has 21 heavy (non-hydrogen) atoms. The van der Waals surface area contributed by atoms with Gasteiger partial charge in [-0.25, -0.2) is 0 Å². The van der Waals surface area contributed by atoms with E-state index >= 15 is 0 Å². The van der Waals surface area contributed by atoms with E-state index in [0.717, 1.165) is 19.5 Å². The van der Waals surface area contributed by atoms with Crippen molar-refractivity contribution in [3.05, 3.63) is 0 Å². The summed E-state index contributed by atoms with van der Waals surface area (Å²) < 4.78 is 0. The Hall–Kier alpha value is -0.570. The Bertz CT molecular complexity index is 397. The van der Waals surface area contributed by atoms with Gasteiger partial charge in [-0.1, -0.05) is 41.5 Å². The van der Waals surface area contributed by atoms with Crippen LogP contribution in [0.2, 0.25) is 0 Å². The quantitative estimate of drug-likeness (QED) is 0.854. The summed E-state index contributed by atoms with van der Waals surface area (Å²) in [6, 6.07) is 0.545. The largest absolute Gasteiger partial charge is 0.481 e. The van der Waals surface area contributed by atoms with Crippen molar-refractivity contribution < 1.29 is 9.90 Å². The Morgan fingerprint density at radius 2 is 1.67 bits per heavy atom. The fraction of sp³-hybridized carbons (Fsp3) is 0.944. The summed E-state index contributed by atoms with van der Waals surface area (Å²) in [5.41, 5.74) is 0.184. The lowest BCUT2D eigenvalue weighted by molar-refractivity contribution is -0.151. The Morgan fingerprint density at radius 3 is 2.05 bits per heavy atom. The topological polar surface area (TPSA) is 40.5 Å². The van der Waals surface area contributed by atoms with Crippen molar-refractivity contribution >= 4 is 5.97 Å². The van der Waals surface area contributed by atoms with Crippen molar-refractivity contribution in [2.75, 3.05) is 13.1 Å². The van der Waals surface area contributed by atoms with Crippen LogP contribution < -0.4 is 0 Å². The van der Waals surface area contributed by atoms with Gasteiger partial charge in [0.15, 0.2) is 0 Å². The van der Waals surface area contributed by atoms with E-state index in [9.17, 15) is 9.90 Å². The molecule has 0 radical (unpaired) electrons. The molecule has 0 spiro atoms. The summed E-state index contributed by atoms with van der Waals surface area (Å²) in [5.74, 6) is -0.404. The molecule has 1 atom stereocenters. The lowest BCUT2D eigenvalue weighted by Gasteiger charge is -2.48. The second-order valence-electron chi connectivity index (χ2n) is 9.40. The molecule has 1 aliphatic carbocycles. The van der Waals surface area contributed by atoms with Crippen molar-refractivity contribution in [1.29, 1.82) is 0 Å². The van der Waals surface area contributed by atoms with Gasteiger partial charge in [0, 0.05) is 12.6 Å². The fourth-order valence-corrected chi connectivity index (χ4v) is 5.11. The molecule has 1 aliphatic heterocycles. The van der Waals surface area contributed by atoms with Gasteiger partial charge in [0.25, 0.3) is 0 Å². The summed E-state index contributed by atoms with van der Waals surface area (Å²) in [6.07, 6.45) is 4.46.